The highest BCUT2D eigenvalue weighted by atomic mass is 32.2. The molecule has 1 heterocycles. The molecule has 0 radical (unpaired) electrons. The van der Waals surface area contributed by atoms with Crippen LogP contribution in [-0.4, -0.2) is 37.7 Å². The number of rotatable bonds is 5. The van der Waals surface area contributed by atoms with Gasteiger partial charge in [-0.1, -0.05) is 0 Å². The minimum atomic E-state index is -3.49. The Morgan fingerprint density at radius 3 is 2.41 bits per heavy atom. The second-order valence-corrected chi connectivity index (χ2v) is 7.00. The van der Waals surface area contributed by atoms with Crippen molar-refractivity contribution >= 4 is 15.9 Å². The van der Waals surface area contributed by atoms with Crippen LogP contribution >= 0.6 is 0 Å². The molecule has 0 atom stereocenters. The first kappa shape index (κ1) is 16.2. The predicted octanol–water partition coefficient (Wildman–Crippen LogP) is 1.16. The zero-order chi connectivity index (χ0) is 16.3. The minimum absolute atomic E-state index is 0.140. The molecule has 0 bridgehead atoms. The second kappa shape index (κ2) is 6.29. The van der Waals surface area contributed by atoms with E-state index in [9.17, 15) is 13.2 Å². The van der Waals surface area contributed by atoms with Gasteiger partial charge in [0, 0.05) is 26.6 Å². The van der Waals surface area contributed by atoms with Crippen LogP contribution in [0.5, 0.6) is 0 Å². The Kier molecular flexibility index (Phi) is 4.62. The lowest BCUT2D eigenvalue weighted by Crippen LogP contribution is -2.24. The minimum Gasteiger partial charge on any atom is -0.449 e. The fourth-order valence-electron chi connectivity index (χ4n) is 1.75. The van der Waals surface area contributed by atoms with Crippen LogP contribution in [0.1, 0.15) is 21.9 Å². The van der Waals surface area contributed by atoms with E-state index in [0.29, 0.717) is 17.1 Å². The smallest absolute Gasteiger partial charge is 0.251 e. The van der Waals surface area contributed by atoms with Crippen molar-refractivity contribution in [2.75, 3.05) is 14.1 Å². The maximum Gasteiger partial charge on any atom is 0.251 e. The van der Waals surface area contributed by atoms with Gasteiger partial charge in [0.05, 0.1) is 17.1 Å². The van der Waals surface area contributed by atoms with E-state index in [2.05, 4.69) is 10.3 Å². The van der Waals surface area contributed by atoms with Gasteiger partial charge in [-0.25, -0.2) is 17.7 Å². The zero-order valence-electron chi connectivity index (χ0n) is 12.5. The van der Waals surface area contributed by atoms with Crippen molar-refractivity contribution in [3.05, 3.63) is 47.7 Å². The van der Waals surface area contributed by atoms with Crippen LogP contribution in [0.2, 0.25) is 0 Å². The molecule has 1 amide bonds. The number of aromatic nitrogens is 1. The summed E-state index contributed by atoms with van der Waals surface area (Å²) in [6, 6.07) is 5.76. The molecule has 8 heteroatoms. The van der Waals surface area contributed by atoms with Gasteiger partial charge in [-0.05, 0) is 24.3 Å². The van der Waals surface area contributed by atoms with Gasteiger partial charge >= 0.3 is 0 Å². The molecular formula is C14H17N3O4S. The molecule has 2 aromatic rings. The normalized spacial score (nSPS) is 11.6. The zero-order valence-corrected chi connectivity index (χ0v) is 13.3. The van der Waals surface area contributed by atoms with Gasteiger partial charge in [-0.2, -0.15) is 0 Å². The van der Waals surface area contributed by atoms with Crippen LogP contribution in [-0.2, 0) is 16.6 Å². The third-order valence-electron chi connectivity index (χ3n) is 2.99. The highest BCUT2D eigenvalue weighted by Crippen LogP contribution is 2.14. The molecule has 0 aliphatic heterocycles. The molecule has 1 aromatic carbocycles. The molecule has 22 heavy (non-hydrogen) atoms. The summed E-state index contributed by atoms with van der Waals surface area (Å²) in [7, 11) is -0.584. The molecule has 0 saturated heterocycles. The Balaban J connectivity index is 2.05. The summed E-state index contributed by atoms with van der Waals surface area (Å²) in [6.45, 7) is 1.96. The van der Waals surface area contributed by atoms with Gasteiger partial charge in [-0.15, -0.1) is 0 Å². The van der Waals surface area contributed by atoms with Crippen LogP contribution in [0.4, 0.5) is 0 Å². The van der Waals surface area contributed by atoms with E-state index in [1.54, 1.807) is 6.92 Å². The molecule has 118 valence electrons. The Hall–Kier alpha value is -2.19. The lowest BCUT2D eigenvalue weighted by Gasteiger charge is -2.11. The monoisotopic (exact) mass is 323 g/mol. The number of sulfonamides is 1. The van der Waals surface area contributed by atoms with Crippen molar-refractivity contribution in [2.24, 2.45) is 0 Å². The number of aryl methyl sites for hydroxylation is 1. The summed E-state index contributed by atoms with van der Waals surface area (Å²) in [5.74, 6) is 0.219. The molecule has 0 aliphatic carbocycles. The number of benzene rings is 1. The standard InChI is InChI=1S/C14H17N3O4S/c1-10-16-12(9-21-10)8-15-14(18)11-4-6-13(7-5-11)22(19,20)17(2)3/h4-7,9H,8H2,1-3H3,(H,15,18). The number of hydrogen-bond donors (Lipinski definition) is 1. The molecule has 2 rings (SSSR count). The molecule has 1 N–H and O–H groups in total. The third kappa shape index (κ3) is 3.52. The summed E-state index contributed by atoms with van der Waals surface area (Å²) in [4.78, 5) is 16.2. The van der Waals surface area contributed by atoms with Crippen molar-refractivity contribution in [2.45, 2.75) is 18.4 Å². The highest BCUT2D eigenvalue weighted by molar-refractivity contribution is 7.89. The number of nitrogens with one attached hydrogen (secondary N) is 1. The van der Waals surface area contributed by atoms with Crippen LogP contribution in [0.15, 0.2) is 39.8 Å². The Morgan fingerprint density at radius 1 is 1.27 bits per heavy atom. The summed E-state index contributed by atoms with van der Waals surface area (Å²) >= 11 is 0. The van der Waals surface area contributed by atoms with E-state index in [4.69, 9.17) is 4.42 Å². The summed E-state index contributed by atoms with van der Waals surface area (Å²) in [6.07, 6.45) is 1.47. The van der Waals surface area contributed by atoms with Crippen molar-refractivity contribution < 1.29 is 17.6 Å². The number of oxazole rings is 1. The first-order chi connectivity index (χ1) is 10.3. The Labute approximate surface area is 129 Å². The van der Waals surface area contributed by atoms with Gasteiger partial charge in [-0.3, -0.25) is 4.79 Å². The van der Waals surface area contributed by atoms with Crippen LogP contribution in [0.25, 0.3) is 0 Å². The third-order valence-corrected chi connectivity index (χ3v) is 4.82. The predicted molar refractivity (Wildman–Crippen MR) is 79.7 cm³/mol. The molecular weight excluding hydrogens is 306 g/mol. The number of hydrogen-bond acceptors (Lipinski definition) is 5. The maximum atomic E-state index is 12.0. The quantitative estimate of drug-likeness (QED) is 0.891. The number of amides is 1. The van der Waals surface area contributed by atoms with Gasteiger partial charge in [0.25, 0.3) is 5.91 Å². The molecule has 0 spiro atoms. The maximum absolute atomic E-state index is 12.0. The summed E-state index contributed by atoms with van der Waals surface area (Å²) in [5, 5.41) is 2.69. The fourth-order valence-corrected chi connectivity index (χ4v) is 2.65. The van der Waals surface area contributed by atoms with Crippen molar-refractivity contribution in [1.29, 1.82) is 0 Å². The first-order valence-electron chi connectivity index (χ1n) is 6.52. The average Bonchev–Trinajstić information content (AvgIpc) is 2.90. The van der Waals surface area contributed by atoms with Crippen LogP contribution < -0.4 is 5.32 Å². The highest BCUT2D eigenvalue weighted by Gasteiger charge is 2.17. The van der Waals surface area contributed by atoms with E-state index < -0.39 is 10.0 Å². The van der Waals surface area contributed by atoms with E-state index in [1.165, 1.54) is 44.6 Å². The molecule has 0 unspecified atom stereocenters. The Bertz CT molecular complexity index is 764. The molecule has 1 aromatic heterocycles. The van der Waals surface area contributed by atoms with E-state index >= 15 is 0 Å². The van der Waals surface area contributed by atoms with Gasteiger partial charge in [0.15, 0.2) is 5.89 Å². The first-order valence-corrected chi connectivity index (χ1v) is 7.96. The fraction of sp³-hybridized carbons (Fsp3) is 0.286. The number of nitrogens with zero attached hydrogens (tertiary/aromatic N) is 2. The van der Waals surface area contributed by atoms with E-state index in [-0.39, 0.29) is 17.3 Å². The van der Waals surface area contributed by atoms with Crippen molar-refractivity contribution in [3.63, 3.8) is 0 Å². The lowest BCUT2D eigenvalue weighted by molar-refractivity contribution is 0.0950. The Morgan fingerprint density at radius 2 is 1.91 bits per heavy atom. The number of carbonyl (C=O) groups is 1. The van der Waals surface area contributed by atoms with Crippen molar-refractivity contribution in [1.82, 2.24) is 14.6 Å². The number of carbonyl (C=O) groups excluding carboxylic acids is 1. The molecule has 0 aliphatic rings. The van der Waals surface area contributed by atoms with Crippen LogP contribution in [0, 0.1) is 6.92 Å². The topological polar surface area (TPSA) is 92.5 Å². The van der Waals surface area contributed by atoms with E-state index in [1.807, 2.05) is 0 Å². The van der Waals surface area contributed by atoms with Gasteiger partial charge < -0.3 is 9.73 Å². The molecule has 0 fully saturated rings. The summed E-state index contributed by atoms with van der Waals surface area (Å²) < 4.78 is 30.0. The van der Waals surface area contributed by atoms with Gasteiger partial charge in [0.2, 0.25) is 10.0 Å². The van der Waals surface area contributed by atoms with Crippen molar-refractivity contribution in [3.8, 4) is 0 Å². The second-order valence-electron chi connectivity index (χ2n) is 4.85. The molecule has 0 saturated carbocycles. The van der Waals surface area contributed by atoms with Gasteiger partial charge in [0.1, 0.15) is 6.26 Å². The largest absolute Gasteiger partial charge is 0.449 e. The summed E-state index contributed by atoms with van der Waals surface area (Å²) in [5.41, 5.74) is 0.996. The lowest BCUT2D eigenvalue weighted by atomic mass is 10.2. The molecule has 7 nitrogen and oxygen atoms in total. The average molecular weight is 323 g/mol. The van der Waals surface area contributed by atoms with Crippen LogP contribution in [0.3, 0.4) is 0 Å². The SMILES string of the molecule is Cc1nc(CNC(=O)c2ccc(S(=O)(=O)N(C)C)cc2)co1. The van der Waals surface area contributed by atoms with E-state index in [0.717, 1.165) is 4.31 Å².